The minimum atomic E-state index is -1.82. The van der Waals surface area contributed by atoms with Gasteiger partial charge in [-0.1, -0.05) is 26.7 Å². The Kier molecular flexibility index (Phi) is 16.3. The van der Waals surface area contributed by atoms with Crippen molar-refractivity contribution in [2.24, 2.45) is 0 Å². The number of benzene rings is 2. The van der Waals surface area contributed by atoms with E-state index in [0.29, 0.717) is 34.8 Å². The molecule has 0 saturated heterocycles. The fraction of sp³-hybridized carbons (Fsp3) is 0.387. The van der Waals surface area contributed by atoms with Gasteiger partial charge in [-0.3, -0.25) is 4.79 Å². The van der Waals surface area contributed by atoms with Gasteiger partial charge in [-0.15, -0.1) is 0 Å². The number of nitrogen functional groups attached to an aromatic ring is 1. The average molecular weight is 617 g/mol. The van der Waals surface area contributed by atoms with Gasteiger partial charge in [-0.25, -0.2) is 19.2 Å². The first kappa shape index (κ1) is 37.1. The molecule has 0 aliphatic heterocycles. The Hall–Kier alpha value is -4.91. The summed E-state index contributed by atoms with van der Waals surface area (Å²) in [7, 11) is 0. The fourth-order valence-corrected chi connectivity index (χ4v) is 3.94. The van der Waals surface area contributed by atoms with Crippen LogP contribution in [0.15, 0.2) is 46.9 Å². The normalized spacial score (nSPS) is 10.3. The first-order valence-corrected chi connectivity index (χ1v) is 14.0. The lowest BCUT2D eigenvalue weighted by Crippen LogP contribution is -2.28. The summed E-state index contributed by atoms with van der Waals surface area (Å²) in [6.07, 6.45) is 5.95. The second-order valence-electron chi connectivity index (χ2n) is 9.61. The fourth-order valence-electron chi connectivity index (χ4n) is 3.94. The summed E-state index contributed by atoms with van der Waals surface area (Å²) >= 11 is 0. The molecule has 6 N–H and O–H groups in total. The van der Waals surface area contributed by atoms with E-state index in [9.17, 15) is 4.79 Å². The number of furan rings is 1. The zero-order valence-electron chi connectivity index (χ0n) is 25.1. The van der Waals surface area contributed by atoms with E-state index in [1.54, 1.807) is 18.2 Å². The van der Waals surface area contributed by atoms with E-state index >= 15 is 0 Å². The van der Waals surface area contributed by atoms with Crippen molar-refractivity contribution < 1.29 is 53.6 Å². The molecule has 0 aliphatic rings. The third-order valence-corrected chi connectivity index (χ3v) is 6.14. The maximum atomic E-state index is 13.1. The molecule has 0 bridgehead atoms. The molecule has 13 heteroatoms. The topological polar surface area (TPSA) is 218 Å². The molecular formula is C31H40N2O11. The number of aliphatic carboxylic acids is 4. The zero-order valence-corrected chi connectivity index (χ0v) is 25.1. The number of carbonyl (C=O) groups excluding carboxylic acids is 1. The van der Waals surface area contributed by atoms with Gasteiger partial charge >= 0.3 is 23.9 Å². The molecule has 0 aliphatic carbocycles. The molecule has 0 fully saturated rings. The van der Waals surface area contributed by atoms with Crippen molar-refractivity contribution in [3.63, 3.8) is 0 Å². The SMILES string of the molecule is CCCCN(CCCC)CCCOc1ccc(C(=O)c2c(C)oc3ccc(N)cc23)cc1.O=C(O)C(=O)O.O=C(O)C(=O)O. The van der Waals surface area contributed by atoms with Gasteiger partial charge in [0, 0.05) is 23.2 Å². The van der Waals surface area contributed by atoms with Crippen molar-refractivity contribution >= 4 is 46.3 Å². The lowest BCUT2D eigenvalue weighted by molar-refractivity contribution is -0.159. The molecule has 0 radical (unpaired) electrons. The van der Waals surface area contributed by atoms with E-state index in [0.717, 1.165) is 24.1 Å². The first-order chi connectivity index (χ1) is 20.8. The Balaban J connectivity index is 0.000000681. The average Bonchev–Trinajstić information content (AvgIpc) is 3.31. The molecule has 1 aromatic heterocycles. The van der Waals surface area contributed by atoms with E-state index < -0.39 is 23.9 Å². The molecule has 2 aromatic carbocycles. The van der Waals surface area contributed by atoms with Gasteiger partial charge in [-0.05, 0) is 81.7 Å². The summed E-state index contributed by atoms with van der Waals surface area (Å²) in [4.78, 5) is 52.1. The minimum Gasteiger partial charge on any atom is -0.494 e. The number of ketones is 1. The highest BCUT2D eigenvalue weighted by Gasteiger charge is 2.20. The number of unbranched alkanes of at least 4 members (excludes halogenated alkanes) is 2. The highest BCUT2D eigenvalue weighted by molar-refractivity contribution is 6.27. The molecule has 3 aromatic rings. The molecule has 0 unspecified atom stereocenters. The highest BCUT2D eigenvalue weighted by Crippen LogP contribution is 2.29. The van der Waals surface area contributed by atoms with Crippen LogP contribution in [0.1, 0.15) is 67.6 Å². The molecule has 13 nitrogen and oxygen atoms in total. The minimum absolute atomic E-state index is 0.0686. The molecule has 0 atom stereocenters. The van der Waals surface area contributed by atoms with Crippen LogP contribution in [-0.2, 0) is 19.2 Å². The van der Waals surface area contributed by atoms with Crippen molar-refractivity contribution in [1.29, 1.82) is 0 Å². The van der Waals surface area contributed by atoms with Crippen molar-refractivity contribution in [3.05, 3.63) is 59.4 Å². The molecule has 44 heavy (non-hydrogen) atoms. The Morgan fingerprint density at radius 3 is 1.75 bits per heavy atom. The van der Waals surface area contributed by atoms with Crippen LogP contribution in [0.25, 0.3) is 11.0 Å². The van der Waals surface area contributed by atoms with Crippen molar-refractivity contribution in [3.8, 4) is 5.75 Å². The van der Waals surface area contributed by atoms with E-state index in [1.807, 2.05) is 31.2 Å². The Morgan fingerprint density at radius 2 is 1.27 bits per heavy atom. The zero-order chi connectivity index (χ0) is 33.2. The summed E-state index contributed by atoms with van der Waals surface area (Å²) in [6.45, 7) is 10.4. The Morgan fingerprint density at radius 1 is 0.773 bits per heavy atom. The monoisotopic (exact) mass is 616 g/mol. The van der Waals surface area contributed by atoms with Crippen LogP contribution < -0.4 is 10.5 Å². The lowest BCUT2D eigenvalue weighted by atomic mass is 10.00. The van der Waals surface area contributed by atoms with Gasteiger partial charge in [0.05, 0.1) is 12.2 Å². The lowest BCUT2D eigenvalue weighted by Gasteiger charge is -2.21. The summed E-state index contributed by atoms with van der Waals surface area (Å²) in [5, 5.41) is 30.3. The van der Waals surface area contributed by atoms with Crippen LogP contribution in [0.5, 0.6) is 5.75 Å². The second-order valence-corrected chi connectivity index (χ2v) is 9.61. The number of hydrogen-bond donors (Lipinski definition) is 5. The molecular weight excluding hydrogens is 576 g/mol. The predicted molar refractivity (Wildman–Crippen MR) is 162 cm³/mol. The quantitative estimate of drug-likeness (QED) is 0.0772. The van der Waals surface area contributed by atoms with E-state index in [1.165, 1.54) is 38.8 Å². The van der Waals surface area contributed by atoms with E-state index in [-0.39, 0.29) is 5.78 Å². The third-order valence-electron chi connectivity index (χ3n) is 6.14. The van der Waals surface area contributed by atoms with Crippen molar-refractivity contribution in [2.75, 3.05) is 32.0 Å². The van der Waals surface area contributed by atoms with Crippen LogP contribution in [0.4, 0.5) is 5.69 Å². The number of carbonyl (C=O) groups is 5. The third kappa shape index (κ3) is 12.9. The number of nitrogens with two attached hydrogens (primary N) is 1. The van der Waals surface area contributed by atoms with Gasteiger partial charge in [0.1, 0.15) is 17.1 Å². The van der Waals surface area contributed by atoms with E-state index in [4.69, 9.17) is 54.5 Å². The van der Waals surface area contributed by atoms with Gasteiger partial charge in [0.2, 0.25) is 0 Å². The van der Waals surface area contributed by atoms with Crippen LogP contribution in [0.2, 0.25) is 0 Å². The van der Waals surface area contributed by atoms with Gasteiger partial charge in [0.15, 0.2) is 5.78 Å². The van der Waals surface area contributed by atoms with Crippen LogP contribution in [0.3, 0.4) is 0 Å². The standard InChI is InChI=1S/C27H36N2O3.2C2H2O4/c1-4-6-15-29(16-7-5-2)17-8-18-31-23-12-9-21(10-13-23)27(30)26-20(3)32-25-14-11-22(28)19-24(25)26;2*3-1(4)2(5)6/h9-14,19H,4-8,15-18,28H2,1-3H3;2*(H,3,4)(H,5,6). The summed E-state index contributed by atoms with van der Waals surface area (Å²) < 4.78 is 11.7. The van der Waals surface area contributed by atoms with Crippen LogP contribution in [-0.4, -0.2) is 81.2 Å². The molecule has 240 valence electrons. The molecule has 3 rings (SSSR count). The molecule has 0 saturated carbocycles. The van der Waals surface area contributed by atoms with Gasteiger partial charge in [-0.2, -0.15) is 0 Å². The number of rotatable bonds is 13. The van der Waals surface area contributed by atoms with Crippen LogP contribution >= 0.6 is 0 Å². The number of ether oxygens (including phenoxy) is 1. The Labute approximate surface area is 254 Å². The van der Waals surface area contributed by atoms with Crippen LogP contribution in [0, 0.1) is 6.92 Å². The molecule has 1 heterocycles. The maximum Gasteiger partial charge on any atom is 0.414 e. The predicted octanol–water partition coefficient (Wildman–Crippen LogP) is 4.54. The number of fused-ring (bicyclic) bond motifs is 1. The number of anilines is 1. The number of carboxylic acid groups (broad SMARTS) is 4. The largest absolute Gasteiger partial charge is 0.494 e. The van der Waals surface area contributed by atoms with Gasteiger partial charge < -0.3 is 40.2 Å². The van der Waals surface area contributed by atoms with Gasteiger partial charge in [0.25, 0.3) is 0 Å². The van der Waals surface area contributed by atoms with Crippen molar-refractivity contribution in [2.45, 2.75) is 52.9 Å². The summed E-state index contributed by atoms with van der Waals surface area (Å²) in [5.41, 5.74) is 8.37. The smallest absolute Gasteiger partial charge is 0.414 e. The summed E-state index contributed by atoms with van der Waals surface area (Å²) in [6, 6.07) is 12.7. The highest BCUT2D eigenvalue weighted by atomic mass is 16.5. The first-order valence-electron chi connectivity index (χ1n) is 14.0. The Bertz CT molecular complexity index is 1340. The number of hydrogen-bond acceptors (Lipinski definition) is 9. The number of nitrogens with zero attached hydrogens (tertiary/aromatic N) is 1. The molecule has 0 spiro atoms. The summed E-state index contributed by atoms with van der Waals surface area (Å²) in [5.74, 6) is -5.98. The maximum absolute atomic E-state index is 13.1. The number of carboxylic acids is 4. The van der Waals surface area contributed by atoms with E-state index in [2.05, 4.69) is 18.7 Å². The van der Waals surface area contributed by atoms with Crippen molar-refractivity contribution in [1.82, 2.24) is 4.90 Å². The molecule has 0 amide bonds. The number of aryl methyl sites for hydroxylation is 1. The second kappa shape index (κ2) is 19.3.